The number of carboxylic acid groups (broad SMARTS) is 2. The lowest BCUT2D eigenvalue weighted by atomic mass is 10.0. The average molecular weight is 441 g/mol. The van der Waals surface area contributed by atoms with Crippen LogP contribution in [0.25, 0.3) is 11.0 Å². The molecule has 2 aromatic heterocycles. The molecule has 0 saturated carbocycles. The molecule has 0 bridgehead atoms. The van der Waals surface area contributed by atoms with Crippen LogP contribution in [0.2, 0.25) is 0 Å². The number of nitrogens with one attached hydrogen (secondary N) is 2. The third-order valence-corrected chi connectivity index (χ3v) is 5.20. The first-order valence-electron chi connectivity index (χ1n) is 9.84. The molecule has 0 fully saturated rings. The number of hydrogen-bond donors (Lipinski definition) is 5. The predicted octanol–water partition coefficient (Wildman–Crippen LogP) is 0.677. The van der Waals surface area contributed by atoms with Gasteiger partial charge in [-0.1, -0.05) is 12.1 Å². The Bertz CT molecular complexity index is 1230. The second-order valence-corrected chi connectivity index (χ2v) is 7.37. The van der Waals surface area contributed by atoms with Crippen LogP contribution in [0.1, 0.15) is 34.3 Å². The zero-order valence-corrected chi connectivity index (χ0v) is 17.3. The van der Waals surface area contributed by atoms with Crippen molar-refractivity contribution < 1.29 is 24.6 Å². The van der Waals surface area contributed by atoms with Crippen LogP contribution >= 0.6 is 0 Å². The summed E-state index contributed by atoms with van der Waals surface area (Å²) in [6, 6.07) is 5.33. The number of aryl methyl sites for hydroxylation is 3. The maximum atomic E-state index is 12.3. The molecule has 0 spiro atoms. The number of aromatic amines is 1. The topological polar surface area (TPSA) is 180 Å². The summed E-state index contributed by atoms with van der Waals surface area (Å²) in [4.78, 5) is 53.3. The van der Waals surface area contributed by atoms with E-state index in [2.05, 4.69) is 15.3 Å². The number of nitrogens with zero attached hydrogens (tertiary/aromatic N) is 2. The molecule has 1 aromatic carbocycles. The molecule has 3 aromatic rings. The summed E-state index contributed by atoms with van der Waals surface area (Å²) in [6.45, 7) is 0. The van der Waals surface area contributed by atoms with Crippen LogP contribution in [-0.2, 0) is 29.5 Å². The largest absolute Gasteiger partial charge is 0.481 e. The van der Waals surface area contributed by atoms with Gasteiger partial charge in [0.2, 0.25) is 5.95 Å². The Hall–Kier alpha value is -4.15. The number of nitrogen functional groups attached to an aromatic ring is 1. The van der Waals surface area contributed by atoms with E-state index in [0.717, 1.165) is 11.1 Å². The first-order valence-corrected chi connectivity index (χ1v) is 9.84. The van der Waals surface area contributed by atoms with Gasteiger partial charge in [0.05, 0.1) is 5.39 Å². The fourth-order valence-electron chi connectivity index (χ4n) is 3.37. The normalized spacial score (nSPS) is 11.9. The molecule has 0 radical (unpaired) electrons. The third kappa shape index (κ3) is 4.94. The number of carbonyl (C=O) groups excluding carboxylic acids is 1. The van der Waals surface area contributed by atoms with Crippen molar-refractivity contribution in [2.45, 2.75) is 31.7 Å². The summed E-state index contributed by atoms with van der Waals surface area (Å²) < 4.78 is 1.61. The van der Waals surface area contributed by atoms with Crippen LogP contribution in [0.5, 0.6) is 0 Å². The molecular formula is C21H23N5O6. The smallest absolute Gasteiger partial charge is 0.326 e. The van der Waals surface area contributed by atoms with Gasteiger partial charge in [-0.05, 0) is 42.5 Å². The van der Waals surface area contributed by atoms with E-state index in [4.69, 9.17) is 15.9 Å². The molecule has 2 heterocycles. The number of carboxylic acids is 2. The summed E-state index contributed by atoms with van der Waals surface area (Å²) >= 11 is 0. The molecule has 0 aliphatic heterocycles. The highest BCUT2D eigenvalue weighted by Gasteiger charge is 2.21. The summed E-state index contributed by atoms with van der Waals surface area (Å²) in [5.74, 6) is -2.91. The number of nitrogens with two attached hydrogens (primary N) is 1. The maximum Gasteiger partial charge on any atom is 0.326 e. The molecule has 0 aliphatic rings. The van der Waals surface area contributed by atoms with E-state index in [1.807, 2.05) is 0 Å². The molecule has 1 atom stereocenters. The Morgan fingerprint density at radius 2 is 1.88 bits per heavy atom. The molecular weight excluding hydrogens is 418 g/mol. The molecule has 11 nitrogen and oxygen atoms in total. The molecule has 6 N–H and O–H groups in total. The third-order valence-electron chi connectivity index (χ3n) is 5.20. The zero-order chi connectivity index (χ0) is 23.4. The number of rotatable bonds is 9. The highest BCUT2D eigenvalue weighted by molar-refractivity contribution is 5.96. The summed E-state index contributed by atoms with van der Waals surface area (Å²) in [7, 11) is 1.71. The van der Waals surface area contributed by atoms with Crippen LogP contribution in [0.4, 0.5) is 5.95 Å². The number of amides is 1. The number of carbonyl (C=O) groups is 3. The number of fused-ring (bicyclic) bond motifs is 1. The van der Waals surface area contributed by atoms with Crippen LogP contribution in [0.15, 0.2) is 35.3 Å². The van der Waals surface area contributed by atoms with Crippen LogP contribution in [0.3, 0.4) is 0 Å². The van der Waals surface area contributed by atoms with Gasteiger partial charge < -0.3 is 30.8 Å². The molecule has 11 heteroatoms. The van der Waals surface area contributed by atoms with Crippen molar-refractivity contribution in [2.75, 3.05) is 5.73 Å². The fraction of sp³-hybridized carbons (Fsp3) is 0.286. The number of hydrogen-bond acceptors (Lipinski definition) is 6. The van der Waals surface area contributed by atoms with Gasteiger partial charge in [-0.15, -0.1) is 0 Å². The predicted molar refractivity (Wildman–Crippen MR) is 115 cm³/mol. The Labute approximate surface area is 181 Å². The number of aromatic nitrogens is 3. The van der Waals surface area contributed by atoms with Gasteiger partial charge in [0.1, 0.15) is 11.7 Å². The van der Waals surface area contributed by atoms with Crippen molar-refractivity contribution in [3.05, 3.63) is 57.5 Å². The molecule has 1 amide bonds. The summed E-state index contributed by atoms with van der Waals surface area (Å²) in [6.07, 6.45) is 2.33. The summed E-state index contributed by atoms with van der Waals surface area (Å²) in [5, 5.41) is 20.7. The van der Waals surface area contributed by atoms with Gasteiger partial charge in [0.25, 0.3) is 11.5 Å². The second-order valence-electron chi connectivity index (χ2n) is 7.37. The van der Waals surface area contributed by atoms with Crippen LogP contribution < -0.4 is 16.6 Å². The lowest BCUT2D eigenvalue weighted by molar-refractivity contribution is -0.140. The zero-order valence-electron chi connectivity index (χ0n) is 17.3. The van der Waals surface area contributed by atoms with Crippen molar-refractivity contribution in [1.82, 2.24) is 19.9 Å². The molecule has 0 unspecified atom stereocenters. The van der Waals surface area contributed by atoms with Crippen LogP contribution in [-0.4, -0.2) is 48.6 Å². The Morgan fingerprint density at radius 3 is 2.50 bits per heavy atom. The Kier molecular flexibility index (Phi) is 6.57. The van der Waals surface area contributed by atoms with E-state index in [-0.39, 0.29) is 24.4 Å². The minimum atomic E-state index is -1.29. The molecule has 32 heavy (non-hydrogen) atoms. The lowest BCUT2D eigenvalue weighted by Crippen LogP contribution is -2.41. The molecule has 3 rings (SSSR count). The van der Waals surface area contributed by atoms with Crippen LogP contribution in [0, 0.1) is 0 Å². The number of aliphatic carboxylic acids is 2. The second kappa shape index (κ2) is 9.33. The monoisotopic (exact) mass is 441 g/mol. The first-order chi connectivity index (χ1) is 15.2. The molecule has 168 valence electrons. The van der Waals surface area contributed by atoms with E-state index >= 15 is 0 Å². The van der Waals surface area contributed by atoms with E-state index in [1.54, 1.807) is 42.1 Å². The SMILES string of the molecule is Cn1c(N)nc(=O)c2c(CCc3ccc(C(=O)N[C@@H](CCC(=O)O)C(=O)O)cc3)c[nH]c21. The number of benzene rings is 1. The first kappa shape index (κ1) is 22.5. The highest BCUT2D eigenvalue weighted by atomic mass is 16.4. The quantitative estimate of drug-likeness (QED) is 0.321. The van der Waals surface area contributed by atoms with E-state index < -0.39 is 29.4 Å². The van der Waals surface area contributed by atoms with Crippen molar-refractivity contribution in [2.24, 2.45) is 7.05 Å². The molecule has 0 aliphatic carbocycles. The maximum absolute atomic E-state index is 12.3. The van der Waals surface area contributed by atoms with Gasteiger partial charge >= 0.3 is 11.9 Å². The Morgan fingerprint density at radius 1 is 1.19 bits per heavy atom. The van der Waals surface area contributed by atoms with Crippen molar-refractivity contribution in [1.29, 1.82) is 0 Å². The van der Waals surface area contributed by atoms with Crippen molar-refractivity contribution in [3.63, 3.8) is 0 Å². The number of anilines is 1. The minimum Gasteiger partial charge on any atom is -0.481 e. The van der Waals surface area contributed by atoms with Crippen molar-refractivity contribution >= 4 is 34.8 Å². The van der Waals surface area contributed by atoms with Gasteiger partial charge in [0, 0.05) is 25.2 Å². The minimum absolute atomic E-state index is 0.123. The molecule has 0 saturated heterocycles. The van der Waals surface area contributed by atoms with Crippen molar-refractivity contribution in [3.8, 4) is 0 Å². The van der Waals surface area contributed by atoms with Gasteiger partial charge in [0.15, 0.2) is 0 Å². The Balaban J connectivity index is 1.66. The van der Waals surface area contributed by atoms with Gasteiger partial charge in [-0.25, -0.2) is 4.79 Å². The average Bonchev–Trinajstić information content (AvgIpc) is 3.18. The van der Waals surface area contributed by atoms with Gasteiger partial charge in [-0.3, -0.25) is 14.4 Å². The van der Waals surface area contributed by atoms with E-state index in [0.29, 0.717) is 23.9 Å². The van der Waals surface area contributed by atoms with E-state index in [9.17, 15) is 19.2 Å². The van der Waals surface area contributed by atoms with Gasteiger partial charge in [-0.2, -0.15) is 4.98 Å². The lowest BCUT2D eigenvalue weighted by Gasteiger charge is -2.13. The fourth-order valence-corrected chi connectivity index (χ4v) is 3.37. The van der Waals surface area contributed by atoms with E-state index in [1.165, 1.54) is 0 Å². The summed E-state index contributed by atoms with van der Waals surface area (Å²) in [5.41, 5.74) is 7.90. The highest BCUT2D eigenvalue weighted by Crippen LogP contribution is 2.17. The number of H-pyrrole nitrogens is 1. The standard InChI is InChI=1S/C21H23N5O6/c1-26-17-16(19(30)25-21(26)22)13(10-23-17)7-4-11-2-5-12(6-3-11)18(29)24-14(20(31)32)8-9-15(27)28/h2-3,5-6,10,14,23H,4,7-9H2,1H3,(H,24,29)(H,27,28)(H,31,32)(H2,22,25,30)/t14-/m0/s1.